The predicted molar refractivity (Wildman–Crippen MR) is 55.0 cm³/mol. The number of likely N-dealkylation sites (tertiary alicyclic amines) is 1. The van der Waals surface area contributed by atoms with Gasteiger partial charge < -0.3 is 15.0 Å². The summed E-state index contributed by atoms with van der Waals surface area (Å²) in [5, 5.41) is 13.3. The molecule has 0 unspecified atom stereocenters. The summed E-state index contributed by atoms with van der Waals surface area (Å²) in [7, 11) is 0. The van der Waals surface area contributed by atoms with E-state index in [9.17, 15) is 9.59 Å². The van der Waals surface area contributed by atoms with Gasteiger partial charge in [0.25, 0.3) is 0 Å². The molecule has 0 aromatic heterocycles. The van der Waals surface area contributed by atoms with Crippen LogP contribution in [0.3, 0.4) is 0 Å². The molecule has 0 aromatic rings. The third kappa shape index (κ3) is 3.10. The molecule has 1 heterocycles. The highest BCUT2D eigenvalue weighted by Crippen LogP contribution is 2.21. The normalized spacial score (nSPS) is 26.4. The number of hydrogen-bond acceptors (Lipinski definition) is 4. The van der Waals surface area contributed by atoms with Gasteiger partial charge in [0.1, 0.15) is 11.6 Å². The molecule has 1 rings (SSSR count). The van der Waals surface area contributed by atoms with Crippen LogP contribution in [0.25, 0.3) is 0 Å². The van der Waals surface area contributed by atoms with Crippen molar-refractivity contribution < 1.29 is 24.5 Å². The van der Waals surface area contributed by atoms with Crippen molar-refractivity contribution in [1.82, 2.24) is 4.90 Å². The molecule has 1 aliphatic rings. The fourth-order valence-electron chi connectivity index (χ4n) is 1.55. The van der Waals surface area contributed by atoms with Crippen LogP contribution in [-0.2, 0) is 9.53 Å². The van der Waals surface area contributed by atoms with Crippen molar-refractivity contribution in [3.8, 4) is 0 Å². The number of amides is 1. The number of aliphatic hydroxyl groups is 1. The molecule has 0 aromatic carbocycles. The van der Waals surface area contributed by atoms with Gasteiger partial charge in [-0.2, -0.15) is 0 Å². The van der Waals surface area contributed by atoms with Crippen molar-refractivity contribution in [2.24, 2.45) is 0 Å². The highest BCUT2D eigenvalue weighted by molar-refractivity contribution is 5.81. The minimum atomic E-state index is -1.12. The van der Waals surface area contributed by atoms with E-state index in [1.807, 2.05) is 0 Å². The van der Waals surface area contributed by atoms with Gasteiger partial charge in [0.2, 0.25) is 1.43 Å². The summed E-state index contributed by atoms with van der Waals surface area (Å²) >= 11 is 0. The van der Waals surface area contributed by atoms with E-state index in [0.717, 1.165) is 4.90 Å². The minimum absolute atomic E-state index is 0.0649. The Morgan fingerprint density at radius 3 is 2.56 bits per heavy atom. The third-order valence-corrected chi connectivity index (χ3v) is 2.18. The Morgan fingerprint density at radius 2 is 2.12 bits per heavy atom. The Morgan fingerprint density at radius 1 is 1.50 bits per heavy atom. The Labute approximate surface area is 95.3 Å². The summed E-state index contributed by atoms with van der Waals surface area (Å²) < 4.78 is 11.9. The molecule has 2 N–H and O–H groups in total. The first-order chi connectivity index (χ1) is 7.74. The van der Waals surface area contributed by atoms with Crippen LogP contribution in [0.5, 0.6) is 0 Å². The van der Waals surface area contributed by atoms with E-state index in [1.54, 1.807) is 20.8 Å². The summed E-state index contributed by atoms with van der Waals surface area (Å²) in [5.74, 6) is -1.12. The van der Waals surface area contributed by atoms with Gasteiger partial charge in [0, 0.05) is 6.42 Å². The van der Waals surface area contributed by atoms with Crippen LogP contribution >= 0.6 is 0 Å². The van der Waals surface area contributed by atoms with E-state index in [1.165, 1.54) is 0 Å². The fraction of sp³-hybridized carbons (Fsp3) is 0.800. The Balaban J connectivity index is 2.73. The van der Waals surface area contributed by atoms with Crippen molar-refractivity contribution in [3.05, 3.63) is 0 Å². The second kappa shape index (κ2) is 4.29. The second-order valence-electron chi connectivity index (χ2n) is 4.84. The van der Waals surface area contributed by atoms with Crippen molar-refractivity contribution in [2.45, 2.75) is 44.9 Å². The molecule has 1 saturated heterocycles. The van der Waals surface area contributed by atoms with Crippen LogP contribution < -0.4 is 0 Å². The maximum absolute atomic E-state index is 11.8. The molecular weight excluding hydrogens is 214 g/mol. The highest BCUT2D eigenvalue weighted by atomic mass is 16.6. The lowest BCUT2D eigenvalue weighted by atomic mass is 10.2. The minimum Gasteiger partial charge on any atom is -0.480 e. The molecule has 16 heavy (non-hydrogen) atoms. The number of carbonyl (C=O) groups excluding carboxylic acids is 1. The molecule has 0 spiro atoms. The molecular formula is C10H17NO5. The molecule has 6 nitrogen and oxygen atoms in total. The molecule has 1 amide bonds. The standard InChI is InChI=1S/C10H17NO5/c1-10(2,3)16-9(15)11-5-6(12)4-7(11)8(13)14/h6-7,12H,4-5H2,1-3H3,(H,13,14)/t6-,7-/m0/s1/i12D. The quantitative estimate of drug-likeness (QED) is 0.721. The number of nitrogens with zero attached hydrogens (tertiary/aromatic N) is 1. The molecule has 1 fully saturated rings. The number of carboxylic acids is 1. The van der Waals surface area contributed by atoms with Gasteiger partial charge in [-0.1, -0.05) is 0 Å². The summed E-state index contributed by atoms with van der Waals surface area (Å²) in [6.45, 7) is 5.18. The van der Waals surface area contributed by atoms with Gasteiger partial charge in [-0.15, -0.1) is 0 Å². The molecule has 2 atom stereocenters. The Kier molecular flexibility index (Phi) is 3.00. The number of ether oxygens (including phenoxy) is 1. The monoisotopic (exact) mass is 232 g/mol. The van der Waals surface area contributed by atoms with Crippen molar-refractivity contribution in [1.29, 1.82) is 1.43 Å². The maximum Gasteiger partial charge on any atom is 0.411 e. The van der Waals surface area contributed by atoms with Gasteiger partial charge >= 0.3 is 12.1 Å². The first kappa shape index (κ1) is 11.2. The number of β-amino-alcohol motifs (C(OH)–C–C–N with tert-alkyl or cyclic N) is 1. The van der Waals surface area contributed by atoms with Crippen LogP contribution in [0.4, 0.5) is 4.79 Å². The molecule has 0 saturated carbocycles. The molecule has 0 radical (unpaired) electrons. The number of aliphatic hydroxyl groups excluding tert-OH is 1. The zero-order valence-corrected chi connectivity index (χ0v) is 9.60. The number of carbonyl (C=O) groups is 2. The fourth-order valence-corrected chi connectivity index (χ4v) is 1.55. The number of aliphatic carboxylic acids is 1. The Hall–Kier alpha value is -1.30. The third-order valence-electron chi connectivity index (χ3n) is 2.18. The predicted octanol–water partition coefficient (Wildman–Crippen LogP) is 0.441. The van der Waals surface area contributed by atoms with Gasteiger partial charge in [0.05, 0.1) is 12.6 Å². The summed E-state index contributed by atoms with van der Waals surface area (Å²) in [6, 6.07) is -0.986. The van der Waals surface area contributed by atoms with Gasteiger partial charge in [0.15, 0.2) is 0 Å². The SMILES string of the molecule is [2H]O[C@H]1C[C@@H](C(=O)O)N(C(=O)OC(C)(C)C)C1. The van der Waals surface area contributed by atoms with Crippen LogP contribution in [-0.4, -0.2) is 52.9 Å². The summed E-state index contributed by atoms with van der Waals surface area (Å²) in [4.78, 5) is 23.8. The smallest absolute Gasteiger partial charge is 0.411 e. The number of hydrogen-bond donors (Lipinski definition) is 2. The topological polar surface area (TPSA) is 87.1 Å². The first-order valence-corrected chi connectivity index (χ1v) is 5.09. The molecule has 0 bridgehead atoms. The summed E-state index contributed by atoms with van der Waals surface area (Å²) in [5.41, 5.74) is -0.681. The van der Waals surface area contributed by atoms with E-state index >= 15 is 0 Å². The molecule has 6 heteroatoms. The number of carboxylic acid groups (broad SMARTS) is 1. The average Bonchev–Trinajstić information content (AvgIpc) is 2.58. The number of rotatable bonds is 2. The lowest BCUT2D eigenvalue weighted by Gasteiger charge is -2.26. The molecule has 1 aliphatic heterocycles. The van der Waals surface area contributed by atoms with Gasteiger partial charge in [-0.25, -0.2) is 9.59 Å². The maximum atomic E-state index is 11.8. The van der Waals surface area contributed by atoms with Crippen molar-refractivity contribution in [2.75, 3.05) is 6.54 Å². The van der Waals surface area contributed by atoms with Crippen LogP contribution in [0.2, 0.25) is 0 Å². The van der Waals surface area contributed by atoms with E-state index in [2.05, 4.69) is 5.11 Å². The largest absolute Gasteiger partial charge is 0.480 e. The molecule has 0 aliphatic carbocycles. The second-order valence-corrected chi connectivity index (χ2v) is 4.84. The van der Waals surface area contributed by atoms with E-state index in [0.29, 0.717) is 0 Å². The Bertz CT molecular complexity index is 314. The lowest BCUT2D eigenvalue weighted by molar-refractivity contribution is -0.142. The van der Waals surface area contributed by atoms with Gasteiger partial charge in [-0.3, -0.25) is 4.90 Å². The highest BCUT2D eigenvalue weighted by Gasteiger charge is 2.40. The zero-order valence-electron chi connectivity index (χ0n) is 10.6. The lowest BCUT2D eigenvalue weighted by Crippen LogP contribution is -2.43. The van der Waals surface area contributed by atoms with Crippen LogP contribution in [0.15, 0.2) is 0 Å². The van der Waals surface area contributed by atoms with Crippen LogP contribution in [0.1, 0.15) is 27.2 Å². The van der Waals surface area contributed by atoms with Crippen molar-refractivity contribution >= 4 is 12.1 Å². The van der Waals surface area contributed by atoms with E-state index < -0.39 is 29.8 Å². The summed E-state index contributed by atoms with van der Waals surface area (Å²) in [6.07, 6.45) is -1.16. The first-order valence-electron chi connectivity index (χ1n) is 5.50. The average molecular weight is 232 g/mol. The van der Waals surface area contributed by atoms with E-state index in [4.69, 9.17) is 11.3 Å². The van der Waals surface area contributed by atoms with Crippen LogP contribution in [0, 0.1) is 0 Å². The van der Waals surface area contributed by atoms with Gasteiger partial charge in [-0.05, 0) is 20.8 Å². The molecule has 92 valence electrons. The van der Waals surface area contributed by atoms with E-state index in [-0.39, 0.29) is 13.0 Å². The van der Waals surface area contributed by atoms with Crippen molar-refractivity contribution in [3.63, 3.8) is 0 Å². The zero-order chi connectivity index (χ0) is 13.2.